The first-order valence-electron chi connectivity index (χ1n) is 19.5. The van der Waals surface area contributed by atoms with E-state index in [1.807, 2.05) is 13.8 Å². The summed E-state index contributed by atoms with van der Waals surface area (Å²) in [6.45, 7) is 14.4. The van der Waals surface area contributed by atoms with Crippen molar-refractivity contribution in [2.45, 2.75) is 118 Å². The fraction of sp³-hybridized carbons (Fsp3) is 0.725. The number of hydrogen-bond donors (Lipinski definition) is 2. The van der Waals surface area contributed by atoms with Gasteiger partial charge in [-0.1, -0.05) is 66.5 Å². The summed E-state index contributed by atoms with van der Waals surface area (Å²) in [5.41, 5.74) is 1.22. The Morgan fingerprint density at radius 2 is 1.57 bits per heavy atom. The minimum Gasteiger partial charge on any atom is -0.461 e. The Labute approximate surface area is 318 Å². The molecular weight excluding hydrogens is 705 g/mol. The zero-order valence-electron chi connectivity index (χ0n) is 32.8. The number of amides is 3. The summed E-state index contributed by atoms with van der Waals surface area (Å²) in [7, 11) is 0. The van der Waals surface area contributed by atoms with E-state index in [4.69, 9.17) is 9.47 Å². The van der Waals surface area contributed by atoms with Gasteiger partial charge in [0.1, 0.15) is 12.6 Å². The van der Waals surface area contributed by atoms with Crippen molar-refractivity contribution in [3.05, 3.63) is 29.8 Å². The molecule has 54 heavy (non-hydrogen) atoms. The number of hydrogen-bond acceptors (Lipinski definition) is 9. The van der Waals surface area contributed by atoms with Gasteiger partial charge >= 0.3 is 12.1 Å². The van der Waals surface area contributed by atoms with Crippen molar-refractivity contribution in [2.75, 3.05) is 44.7 Å². The van der Waals surface area contributed by atoms with E-state index in [-0.39, 0.29) is 74.4 Å². The first kappa shape index (κ1) is 45.0. The summed E-state index contributed by atoms with van der Waals surface area (Å²) in [4.78, 5) is 67.7. The zero-order chi connectivity index (χ0) is 40.0. The van der Waals surface area contributed by atoms with Gasteiger partial charge in [0.25, 0.3) is 0 Å². The lowest BCUT2D eigenvalue weighted by Gasteiger charge is -2.30. The van der Waals surface area contributed by atoms with Gasteiger partial charge in [0.2, 0.25) is 17.7 Å². The standard InChI is InChI=1S/C40H61F3N4O7/c1-26(2)32-24-35(49)47(38(32)51)18-9-7-8-12-34(40(41,42)43)45-36(27(3)4)33(48)23-30(11-10-17-46-19-21-53-22-20-46)37(50)44-31-15-13-29(14-16-31)25-54-39(52)28(5)6/h13-16,26-28,30,32,34,36,45H,7-12,17-25H2,1-6H3,(H,44,50)/t30-,32?,34+,36+/m1/s1. The zero-order valence-corrected chi connectivity index (χ0v) is 32.8. The second-order valence-electron chi connectivity index (χ2n) is 15.7. The van der Waals surface area contributed by atoms with Crippen LogP contribution in [0.1, 0.15) is 98.5 Å². The number of rotatable bonds is 22. The van der Waals surface area contributed by atoms with Crippen molar-refractivity contribution in [3.8, 4) is 0 Å². The number of ether oxygens (including phenoxy) is 2. The summed E-state index contributed by atoms with van der Waals surface area (Å²) >= 11 is 0. The summed E-state index contributed by atoms with van der Waals surface area (Å²) < 4.78 is 53.7. The molecule has 0 radical (unpaired) electrons. The van der Waals surface area contributed by atoms with Crippen LogP contribution >= 0.6 is 0 Å². The number of carbonyl (C=O) groups is 5. The molecule has 304 valence electrons. The highest BCUT2D eigenvalue weighted by atomic mass is 19.4. The number of anilines is 1. The minimum atomic E-state index is -4.62. The first-order valence-corrected chi connectivity index (χ1v) is 19.5. The van der Waals surface area contributed by atoms with Crippen molar-refractivity contribution in [1.82, 2.24) is 15.1 Å². The summed E-state index contributed by atoms with van der Waals surface area (Å²) in [6, 6.07) is 3.74. The second kappa shape index (κ2) is 21.7. The molecule has 2 saturated heterocycles. The Bertz CT molecular complexity index is 1380. The number of likely N-dealkylation sites (tertiary alicyclic amines) is 1. The van der Waals surface area contributed by atoms with Crippen LogP contribution in [0.3, 0.4) is 0 Å². The van der Waals surface area contributed by atoms with Crippen molar-refractivity contribution in [1.29, 1.82) is 0 Å². The first-order chi connectivity index (χ1) is 25.5. The van der Waals surface area contributed by atoms with Gasteiger partial charge in [-0.2, -0.15) is 13.2 Å². The Balaban J connectivity index is 1.63. The maximum atomic E-state index is 14.3. The number of nitrogens with zero attached hydrogens (tertiary/aromatic N) is 2. The number of ketones is 1. The molecule has 2 fully saturated rings. The van der Waals surface area contributed by atoms with Crippen molar-refractivity contribution >= 4 is 35.2 Å². The largest absolute Gasteiger partial charge is 0.461 e. The lowest BCUT2D eigenvalue weighted by atomic mass is 9.88. The van der Waals surface area contributed by atoms with Crippen LogP contribution in [-0.4, -0.2) is 96.9 Å². The van der Waals surface area contributed by atoms with Crippen LogP contribution in [0.4, 0.5) is 18.9 Å². The third kappa shape index (κ3) is 14.4. The number of unbranched alkanes of at least 4 members (excludes halogenated alkanes) is 2. The molecule has 2 N–H and O–H groups in total. The molecule has 0 spiro atoms. The number of esters is 1. The molecule has 1 unspecified atom stereocenters. The van der Waals surface area contributed by atoms with Gasteiger partial charge in [0, 0.05) is 50.0 Å². The van der Waals surface area contributed by atoms with E-state index in [0.29, 0.717) is 51.1 Å². The highest BCUT2D eigenvalue weighted by Crippen LogP contribution is 2.29. The quantitative estimate of drug-likeness (QED) is 0.0810. The van der Waals surface area contributed by atoms with Crippen molar-refractivity contribution in [3.63, 3.8) is 0 Å². The van der Waals surface area contributed by atoms with Crippen LogP contribution in [-0.2, 0) is 40.1 Å². The van der Waals surface area contributed by atoms with E-state index < -0.39 is 41.8 Å². The highest BCUT2D eigenvalue weighted by molar-refractivity contribution is 6.03. The average molecular weight is 767 g/mol. The molecule has 1 aromatic rings. The molecule has 3 amide bonds. The topological polar surface area (TPSA) is 134 Å². The number of nitrogens with one attached hydrogen (secondary N) is 2. The van der Waals surface area contributed by atoms with Crippen LogP contribution in [0, 0.1) is 29.6 Å². The Kier molecular flexibility index (Phi) is 18.1. The van der Waals surface area contributed by atoms with E-state index in [0.717, 1.165) is 18.7 Å². The fourth-order valence-electron chi connectivity index (χ4n) is 6.81. The number of benzene rings is 1. The third-order valence-electron chi connectivity index (χ3n) is 10.3. The third-order valence-corrected chi connectivity index (χ3v) is 10.3. The molecule has 0 aliphatic carbocycles. The van der Waals surface area contributed by atoms with Gasteiger partial charge in [-0.3, -0.25) is 39.1 Å². The van der Waals surface area contributed by atoms with E-state index in [1.54, 1.807) is 52.0 Å². The molecule has 3 rings (SSSR count). The normalized spacial score (nSPS) is 18.7. The number of Topliss-reactive ketones (excluding diaryl/α,β-unsaturated/α-hetero) is 1. The molecule has 14 heteroatoms. The molecule has 2 heterocycles. The van der Waals surface area contributed by atoms with Gasteiger partial charge in [0.15, 0.2) is 5.78 Å². The summed E-state index contributed by atoms with van der Waals surface area (Å²) in [6.07, 6.45) is -3.00. The van der Waals surface area contributed by atoms with E-state index in [2.05, 4.69) is 15.5 Å². The Morgan fingerprint density at radius 1 is 0.907 bits per heavy atom. The van der Waals surface area contributed by atoms with Gasteiger partial charge in [-0.15, -0.1) is 0 Å². The Hall–Kier alpha value is -3.36. The van der Waals surface area contributed by atoms with Crippen LogP contribution in [0.15, 0.2) is 24.3 Å². The van der Waals surface area contributed by atoms with Crippen LogP contribution < -0.4 is 10.6 Å². The van der Waals surface area contributed by atoms with Crippen molar-refractivity contribution in [2.24, 2.45) is 29.6 Å². The molecule has 4 atom stereocenters. The lowest BCUT2D eigenvalue weighted by molar-refractivity contribution is -0.161. The van der Waals surface area contributed by atoms with Crippen molar-refractivity contribution < 1.29 is 46.6 Å². The predicted molar refractivity (Wildman–Crippen MR) is 199 cm³/mol. The number of alkyl halides is 3. The van der Waals surface area contributed by atoms with E-state index in [9.17, 15) is 37.1 Å². The maximum Gasteiger partial charge on any atom is 0.403 e. The molecule has 0 saturated carbocycles. The van der Waals surface area contributed by atoms with Gasteiger partial charge < -0.3 is 14.8 Å². The van der Waals surface area contributed by atoms with E-state index in [1.165, 1.54) is 4.90 Å². The maximum absolute atomic E-state index is 14.3. The molecule has 2 aliphatic rings. The molecule has 0 aromatic heterocycles. The number of carbonyl (C=O) groups excluding carboxylic acids is 5. The number of halogens is 3. The monoisotopic (exact) mass is 766 g/mol. The van der Waals surface area contributed by atoms with Gasteiger partial charge in [-0.25, -0.2) is 0 Å². The smallest absolute Gasteiger partial charge is 0.403 e. The van der Waals surface area contributed by atoms with E-state index >= 15 is 0 Å². The fourth-order valence-corrected chi connectivity index (χ4v) is 6.81. The predicted octanol–water partition coefficient (Wildman–Crippen LogP) is 6.15. The lowest BCUT2D eigenvalue weighted by Crippen LogP contribution is -2.52. The average Bonchev–Trinajstić information content (AvgIpc) is 3.40. The molecule has 0 bridgehead atoms. The molecule has 11 nitrogen and oxygen atoms in total. The molecular formula is C40H61F3N4O7. The van der Waals surface area contributed by atoms with Gasteiger partial charge in [0.05, 0.1) is 25.2 Å². The minimum absolute atomic E-state index is 0.0359. The Morgan fingerprint density at radius 3 is 2.15 bits per heavy atom. The SMILES string of the molecule is CC(C)C(=O)OCc1ccc(NC(=O)[C@H](CCCN2CCOCC2)CC(=O)[C@@H](N[C@@H](CCCCCN2C(=O)CC(C(C)C)C2=O)C(F)(F)F)C(C)C)cc1. The highest BCUT2D eigenvalue weighted by Gasteiger charge is 2.43. The second-order valence-corrected chi connectivity index (χ2v) is 15.7. The molecule has 1 aromatic carbocycles. The summed E-state index contributed by atoms with van der Waals surface area (Å²) in [5, 5.41) is 5.48. The van der Waals surface area contributed by atoms with Crippen LogP contribution in [0.25, 0.3) is 0 Å². The number of imide groups is 1. The van der Waals surface area contributed by atoms with Crippen LogP contribution in [0.5, 0.6) is 0 Å². The van der Waals surface area contributed by atoms with Crippen LogP contribution in [0.2, 0.25) is 0 Å². The van der Waals surface area contributed by atoms with Gasteiger partial charge in [-0.05, 0) is 61.8 Å². The molecule has 2 aliphatic heterocycles. The summed E-state index contributed by atoms with van der Waals surface area (Å²) in [5.74, 6) is -3.44. The number of morpholine rings is 1.